The number of methoxy groups -OCH3 is 1. The lowest BCUT2D eigenvalue weighted by molar-refractivity contribution is -0.141. The summed E-state index contributed by atoms with van der Waals surface area (Å²) in [5.41, 5.74) is 0.185. The summed E-state index contributed by atoms with van der Waals surface area (Å²) in [6, 6.07) is -0.900. The summed E-state index contributed by atoms with van der Waals surface area (Å²) >= 11 is 0. The first-order chi connectivity index (χ1) is 9.08. The molecule has 1 aliphatic carbocycles. The summed E-state index contributed by atoms with van der Waals surface area (Å²) in [7, 11) is 1.68. The molecular weight excluding hydrogens is 248 g/mol. The molecule has 108 valence electrons. The third-order valence-corrected chi connectivity index (χ3v) is 4.21. The number of urea groups is 1. The van der Waals surface area contributed by atoms with Crippen molar-refractivity contribution in [3.05, 3.63) is 0 Å². The van der Waals surface area contributed by atoms with Crippen LogP contribution in [0.2, 0.25) is 0 Å². The molecule has 0 bridgehead atoms. The van der Waals surface area contributed by atoms with E-state index in [1.807, 2.05) is 0 Å². The van der Waals surface area contributed by atoms with Crippen LogP contribution in [0, 0.1) is 5.41 Å². The fourth-order valence-electron chi connectivity index (χ4n) is 2.64. The summed E-state index contributed by atoms with van der Waals surface area (Å²) in [6.45, 7) is 1.86. The highest BCUT2D eigenvalue weighted by molar-refractivity contribution is 5.83. The van der Waals surface area contributed by atoms with Crippen molar-refractivity contribution in [1.29, 1.82) is 0 Å². The van der Waals surface area contributed by atoms with Crippen LogP contribution in [0.25, 0.3) is 0 Å². The van der Waals surface area contributed by atoms with Gasteiger partial charge in [-0.3, -0.25) is 0 Å². The van der Waals surface area contributed by atoms with Gasteiger partial charge in [-0.05, 0) is 37.5 Å². The van der Waals surface area contributed by atoms with Gasteiger partial charge in [0, 0.05) is 26.8 Å². The van der Waals surface area contributed by atoms with Crippen LogP contribution in [0.5, 0.6) is 0 Å². The Morgan fingerprint density at radius 1 is 1.47 bits per heavy atom. The van der Waals surface area contributed by atoms with Gasteiger partial charge in [0.25, 0.3) is 0 Å². The number of aliphatic carboxylic acids is 1. The number of carboxylic acid groups (broad SMARTS) is 1. The van der Waals surface area contributed by atoms with E-state index in [-0.39, 0.29) is 11.4 Å². The molecule has 1 saturated carbocycles. The van der Waals surface area contributed by atoms with Crippen LogP contribution in [-0.2, 0) is 9.53 Å². The first-order valence-corrected chi connectivity index (χ1v) is 6.84. The smallest absolute Gasteiger partial charge is 0.326 e. The minimum Gasteiger partial charge on any atom is -0.480 e. The summed E-state index contributed by atoms with van der Waals surface area (Å²) in [5.74, 6) is -0.909. The Hall–Kier alpha value is -1.30. The molecule has 2 amide bonds. The summed E-state index contributed by atoms with van der Waals surface area (Å²) < 4.78 is 5.07. The fourth-order valence-corrected chi connectivity index (χ4v) is 2.64. The van der Waals surface area contributed by atoms with Crippen molar-refractivity contribution in [1.82, 2.24) is 10.2 Å². The van der Waals surface area contributed by atoms with Crippen LogP contribution in [0.1, 0.15) is 32.1 Å². The molecule has 0 radical (unpaired) electrons. The molecule has 2 rings (SSSR count). The van der Waals surface area contributed by atoms with Crippen molar-refractivity contribution in [3.63, 3.8) is 0 Å². The molecule has 0 spiro atoms. The van der Waals surface area contributed by atoms with E-state index in [0.717, 1.165) is 25.7 Å². The number of likely N-dealkylation sites (tertiary alicyclic amines) is 1. The first kappa shape index (κ1) is 14.1. The quantitative estimate of drug-likeness (QED) is 0.756. The molecule has 0 aromatic carbocycles. The molecule has 0 aromatic rings. The van der Waals surface area contributed by atoms with Gasteiger partial charge in [0.15, 0.2) is 0 Å². The van der Waals surface area contributed by atoms with E-state index >= 15 is 0 Å². The SMILES string of the molecule is COCCC1(CNC(=O)N2CCC[C@@H]2C(=O)O)CC1. The monoisotopic (exact) mass is 270 g/mol. The number of rotatable bonds is 6. The van der Waals surface area contributed by atoms with Crippen molar-refractivity contribution in [3.8, 4) is 0 Å². The van der Waals surface area contributed by atoms with Crippen LogP contribution in [0.3, 0.4) is 0 Å². The molecule has 1 saturated heterocycles. The van der Waals surface area contributed by atoms with Crippen molar-refractivity contribution in [2.24, 2.45) is 5.41 Å². The van der Waals surface area contributed by atoms with Crippen molar-refractivity contribution < 1.29 is 19.4 Å². The third-order valence-electron chi connectivity index (χ3n) is 4.21. The maximum atomic E-state index is 12.0. The van der Waals surface area contributed by atoms with Crippen LogP contribution in [0.4, 0.5) is 4.79 Å². The average molecular weight is 270 g/mol. The third kappa shape index (κ3) is 3.37. The predicted octanol–water partition coefficient (Wildman–Crippen LogP) is 1.06. The number of nitrogens with one attached hydrogen (secondary N) is 1. The van der Waals surface area contributed by atoms with E-state index in [2.05, 4.69) is 5.32 Å². The largest absolute Gasteiger partial charge is 0.480 e. The van der Waals surface area contributed by atoms with Crippen LogP contribution >= 0.6 is 0 Å². The Morgan fingerprint density at radius 3 is 2.79 bits per heavy atom. The van der Waals surface area contributed by atoms with Crippen molar-refractivity contribution >= 4 is 12.0 Å². The second kappa shape index (κ2) is 5.77. The van der Waals surface area contributed by atoms with Gasteiger partial charge < -0.3 is 20.1 Å². The highest BCUT2D eigenvalue weighted by atomic mass is 16.5. The lowest BCUT2D eigenvalue weighted by atomic mass is 10.0. The molecule has 0 aromatic heterocycles. The van der Waals surface area contributed by atoms with Crippen LogP contribution in [-0.4, -0.2) is 54.9 Å². The molecular formula is C13H22N2O4. The lowest BCUT2D eigenvalue weighted by Gasteiger charge is -2.23. The molecule has 2 aliphatic rings. The van der Waals surface area contributed by atoms with Crippen LogP contribution in [0.15, 0.2) is 0 Å². The maximum Gasteiger partial charge on any atom is 0.326 e. The zero-order valence-electron chi connectivity index (χ0n) is 11.4. The molecule has 1 aliphatic heterocycles. The Bertz CT molecular complexity index is 355. The molecule has 0 unspecified atom stereocenters. The maximum absolute atomic E-state index is 12.0. The van der Waals surface area contributed by atoms with Gasteiger partial charge in [-0.15, -0.1) is 0 Å². The minimum atomic E-state index is -0.909. The number of hydrogen-bond acceptors (Lipinski definition) is 3. The highest BCUT2D eigenvalue weighted by Crippen LogP contribution is 2.48. The lowest BCUT2D eigenvalue weighted by Crippen LogP contribution is -2.47. The van der Waals surface area contributed by atoms with Crippen molar-refractivity contribution in [2.75, 3.05) is 26.8 Å². The zero-order chi connectivity index (χ0) is 13.9. The molecule has 19 heavy (non-hydrogen) atoms. The number of carboxylic acids is 1. The number of hydrogen-bond donors (Lipinski definition) is 2. The van der Waals surface area contributed by atoms with Gasteiger partial charge in [0.1, 0.15) is 6.04 Å². The summed E-state index contributed by atoms with van der Waals surface area (Å²) in [6.07, 6.45) is 4.49. The number of amides is 2. The molecule has 6 nitrogen and oxygen atoms in total. The predicted molar refractivity (Wildman–Crippen MR) is 68.9 cm³/mol. The van der Waals surface area contributed by atoms with Crippen molar-refractivity contribution in [2.45, 2.75) is 38.1 Å². The summed E-state index contributed by atoms with van der Waals surface area (Å²) in [4.78, 5) is 24.5. The second-order valence-corrected chi connectivity index (χ2v) is 5.59. The number of ether oxygens (including phenoxy) is 1. The van der Waals surface area contributed by atoms with E-state index in [9.17, 15) is 9.59 Å². The van der Waals surface area contributed by atoms with Gasteiger partial charge in [-0.1, -0.05) is 0 Å². The van der Waals surface area contributed by atoms with E-state index < -0.39 is 12.0 Å². The summed E-state index contributed by atoms with van der Waals surface area (Å²) in [5, 5.41) is 11.9. The van der Waals surface area contributed by atoms with Gasteiger partial charge in [0.2, 0.25) is 0 Å². The Balaban J connectivity index is 1.80. The Kier molecular flexibility index (Phi) is 4.29. The standard InChI is InChI=1S/C13H22N2O4/c1-19-8-6-13(4-5-13)9-14-12(18)15-7-2-3-10(15)11(16)17/h10H,2-9H2,1H3,(H,14,18)(H,16,17)/t10-/m1/s1. The minimum absolute atomic E-state index is 0.185. The van der Waals surface area contributed by atoms with E-state index in [1.165, 1.54) is 4.90 Å². The Morgan fingerprint density at radius 2 is 2.21 bits per heavy atom. The Labute approximate surface area is 113 Å². The normalized spacial score (nSPS) is 24.3. The fraction of sp³-hybridized carbons (Fsp3) is 0.846. The van der Waals surface area contributed by atoms with E-state index in [1.54, 1.807) is 7.11 Å². The molecule has 1 atom stereocenters. The molecule has 6 heteroatoms. The highest BCUT2D eigenvalue weighted by Gasteiger charge is 2.43. The van der Waals surface area contributed by atoms with Gasteiger partial charge in [-0.2, -0.15) is 0 Å². The number of carbonyl (C=O) groups is 2. The number of carbonyl (C=O) groups excluding carboxylic acids is 1. The second-order valence-electron chi connectivity index (χ2n) is 5.59. The van der Waals surface area contributed by atoms with Crippen LogP contribution < -0.4 is 5.32 Å². The van der Waals surface area contributed by atoms with Gasteiger partial charge >= 0.3 is 12.0 Å². The number of nitrogens with zero attached hydrogens (tertiary/aromatic N) is 1. The molecule has 2 fully saturated rings. The zero-order valence-corrected chi connectivity index (χ0v) is 11.4. The first-order valence-electron chi connectivity index (χ1n) is 6.84. The van der Waals surface area contributed by atoms with E-state index in [0.29, 0.717) is 26.1 Å². The molecule has 2 N–H and O–H groups in total. The molecule has 1 heterocycles. The topological polar surface area (TPSA) is 78.9 Å². The van der Waals surface area contributed by atoms with Gasteiger partial charge in [-0.25, -0.2) is 9.59 Å². The average Bonchev–Trinajstić information content (AvgIpc) is 2.97. The van der Waals surface area contributed by atoms with Gasteiger partial charge in [0.05, 0.1) is 0 Å². The van der Waals surface area contributed by atoms with E-state index in [4.69, 9.17) is 9.84 Å².